The van der Waals surface area contributed by atoms with Crippen LogP contribution in [-0.2, 0) is 16.1 Å². The second-order valence-electron chi connectivity index (χ2n) is 6.94. The fourth-order valence-corrected chi connectivity index (χ4v) is 4.12. The molecular weight excluding hydrogens is 306 g/mol. The maximum Gasteiger partial charge on any atom is 0.248 e. The van der Waals surface area contributed by atoms with E-state index in [1.54, 1.807) is 7.11 Å². The van der Waals surface area contributed by atoms with Crippen molar-refractivity contribution in [3.8, 4) is 11.5 Å². The van der Waals surface area contributed by atoms with Crippen LogP contribution in [-0.4, -0.2) is 37.9 Å². The van der Waals surface area contributed by atoms with Crippen LogP contribution in [0.4, 0.5) is 0 Å². The van der Waals surface area contributed by atoms with Crippen LogP contribution in [0.5, 0.6) is 11.5 Å². The number of fused-ring (bicyclic) bond motifs is 3. The third-order valence-corrected chi connectivity index (χ3v) is 5.30. The predicted molar refractivity (Wildman–Crippen MR) is 88.7 cm³/mol. The molecule has 2 aliphatic carbocycles. The number of ether oxygens (including phenoxy) is 3. The summed E-state index contributed by atoms with van der Waals surface area (Å²) >= 11 is 0. The van der Waals surface area contributed by atoms with E-state index >= 15 is 0 Å². The Hall–Kier alpha value is -2.01. The summed E-state index contributed by atoms with van der Waals surface area (Å²) < 4.78 is 15.9. The molecule has 1 fully saturated rings. The molecule has 0 spiro atoms. The lowest BCUT2D eigenvalue weighted by molar-refractivity contribution is -0.136. The number of amides is 1. The van der Waals surface area contributed by atoms with Gasteiger partial charge in [-0.05, 0) is 48.3 Å². The maximum atomic E-state index is 12.5. The summed E-state index contributed by atoms with van der Waals surface area (Å²) in [7, 11) is 1.57. The van der Waals surface area contributed by atoms with E-state index in [0.717, 1.165) is 23.6 Å². The molecule has 1 aromatic rings. The number of rotatable bonds is 6. The van der Waals surface area contributed by atoms with E-state index in [0.29, 0.717) is 24.3 Å². The van der Waals surface area contributed by atoms with Crippen LogP contribution in [0.15, 0.2) is 30.4 Å². The molecule has 1 aliphatic heterocycles. The Balaban J connectivity index is 1.47. The highest BCUT2D eigenvalue weighted by atomic mass is 16.7. The minimum Gasteiger partial charge on any atom is -0.454 e. The fourth-order valence-electron chi connectivity index (χ4n) is 4.12. The van der Waals surface area contributed by atoms with Crippen LogP contribution >= 0.6 is 0 Å². The summed E-state index contributed by atoms with van der Waals surface area (Å²) in [6.07, 6.45) is 7.11. The van der Waals surface area contributed by atoms with Gasteiger partial charge in [0.25, 0.3) is 0 Å². The van der Waals surface area contributed by atoms with E-state index in [9.17, 15) is 4.79 Å². The first kappa shape index (κ1) is 15.5. The van der Waals surface area contributed by atoms with Gasteiger partial charge in [0.15, 0.2) is 11.5 Å². The van der Waals surface area contributed by atoms with Crippen LogP contribution in [0, 0.1) is 17.8 Å². The predicted octanol–water partition coefficient (Wildman–Crippen LogP) is 2.60. The molecule has 0 unspecified atom stereocenters. The van der Waals surface area contributed by atoms with Crippen molar-refractivity contribution in [2.45, 2.75) is 19.4 Å². The molecule has 1 aromatic carbocycles. The van der Waals surface area contributed by atoms with E-state index in [1.165, 1.54) is 12.8 Å². The SMILES string of the molecule is COCC(=O)N(Cc1ccc2c(c1)OCO2)C[C@@H]1C[C@@H]2C=C[C@H]1C2. The van der Waals surface area contributed by atoms with Crippen LogP contribution in [0.25, 0.3) is 0 Å². The number of carbonyl (C=O) groups excluding carboxylic acids is 1. The fraction of sp³-hybridized carbons (Fsp3) is 0.526. The summed E-state index contributed by atoms with van der Waals surface area (Å²) in [5, 5.41) is 0. The van der Waals surface area contributed by atoms with E-state index in [-0.39, 0.29) is 19.3 Å². The molecule has 0 radical (unpaired) electrons. The van der Waals surface area contributed by atoms with Crippen molar-refractivity contribution in [2.24, 2.45) is 17.8 Å². The van der Waals surface area contributed by atoms with E-state index in [1.807, 2.05) is 23.1 Å². The first-order valence-corrected chi connectivity index (χ1v) is 8.56. The molecule has 3 atom stereocenters. The van der Waals surface area contributed by atoms with Gasteiger partial charge in [-0.15, -0.1) is 0 Å². The van der Waals surface area contributed by atoms with Crippen molar-refractivity contribution in [1.82, 2.24) is 4.90 Å². The number of methoxy groups -OCH3 is 1. The van der Waals surface area contributed by atoms with Gasteiger partial charge in [0.2, 0.25) is 12.7 Å². The number of hydrogen-bond donors (Lipinski definition) is 0. The highest BCUT2D eigenvalue weighted by molar-refractivity contribution is 5.77. The van der Waals surface area contributed by atoms with E-state index in [2.05, 4.69) is 12.2 Å². The van der Waals surface area contributed by atoms with Gasteiger partial charge in [0, 0.05) is 20.2 Å². The molecular formula is C19H23NO4. The number of allylic oxidation sites excluding steroid dienone is 2. The lowest BCUT2D eigenvalue weighted by atomic mass is 9.93. The quantitative estimate of drug-likeness (QED) is 0.753. The Morgan fingerprint density at radius 3 is 2.88 bits per heavy atom. The zero-order valence-electron chi connectivity index (χ0n) is 13.9. The molecule has 3 aliphatic rings. The molecule has 4 rings (SSSR count). The second-order valence-corrected chi connectivity index (χ2v) is 6.94. The molecule has 1 amide bonds. The smallest absolute Gasteiger partial charge is 0.248 e. The molecule has 0 saturated heterocycles. The Kier molecular flexibility index (Phi) is 4.19. The number of hydrogen-bond acceptors (Lipinski definition) is 4. The van der Waals surface area contributed by atoms with Crippen molar-refractivity contribution in [3.63, 3.8) is 0 Å². The van der Waals surface area contributed by atoms with Crippen LogP contribution in [0.2, 0.25) is 0 Å². The van der Waals surface area contributed by atoms with Gasteiger partial charge in [0.05, 0.1) is 0 Å². The minimum absolute atomic E-state index is 0.0434. The summed E-state index contributed by atoms with van der Waals surface area (Å²) in [4.78, 5) is 14.4. The normalized spacial score (nSPS) is 26.1. The molecule has 1 saturated carbocycles. The Bertz CT molecular complexity index is 657. The Morgan fingerprint density at radius 1 is 1.25 bits per heavy atom. The minimum atomic E-state index is 0.0434. The first-order chi connectivity index (χ1) is 11.7. The highest BCUT2D eigenvalue weighted by Crippen LogP contribution is 2.43. The highest BCUT2D eigenvalue weighted by Gasteiger charge is 2.37. The molecule has 5 nitrogen and oxygen atoms in total. The molecule has 5 heteroatoms. The topological polar surface area (TPSA) is 48.0 Å². The van der Waals surface area contributed by atoms with Gasteiger partial charge < -0.3 is 19.1 Å². The monoisotopic (exact) mass is 329 g/mol. The van der Waals surface area contributed by atoms with Gasteiger partial charge in [0.1, 0.15) is 6.61 Å². The average Bonchev–Trinajstić information content (AvgIpc) is 3.30. The van der Waals surface area contributed by atoms with Gasteiger partial charge in [-0.1, -0.05) is 18.2 Å². The molecule has 1 heterocycles. The van der Waals surface area contributed by atoms with Crippen molar-refractivity contribution in [1.29, 1.82) is 0 Å². The van der Waals surface area contributed by atoms with Crippen molar-refractivity contribution in [3.05, 3.63) is 35.9 Å². The van der Waals surface area contributed by atoms with Crippen molar-refractivity contribution >= 4 is 5.91 Å². The van der Waals surface area contributed by atoms with Crippen molar-refractivity contribution in [2.75, 3.05) is 27.1 Å². The standard InChI is InChI=1S/C19H23NO4/c1-22-11-19(21)20(10-16-7-13-2-4-15(16)6-13)9-14-3-5-17-18(8-14)24-12-23-17/h2-5,8,13,15-16H,6-7,9-12H2,1H3/t13-,15+,16+/m1/s1. The number of nitrogens with zero attached hydrogens (tertiary/aromatic N) is 1. The zero-order chi connectivity index (χ0) is 16.5. The van der Waals surface area contributed by atoms with Crippen LogP contribution in [0.3, 0.4) is 0 Å². The average molecular weight is 329 g/mol. The zero-order valence-corrected chi connectivity index (χ0v) is 13.9. The molecule has 128 valence electrons. The van der Waals surface area contributed by atoms with Gasteiger partial charge in [-0.25, -0.2) is 0 Å². The summed E-state index contributed by atoms with van der Waals surface area (Å²) in [5.41, 5.74) is 1.06. The Labute approximate surface area is 142 Å². The summed E-state index contributed by atoms with van der Waals surface area (Å²) in [6, 6.07) is 5.88. The Morgan fingerprint density at radius 2 is 2.12 bits per heavy atom. The van der Waals surface area contributed by atoms with Crippen LogP contribution < -0.4 is 9.47 Å². The van der Waals surface area contributed by atoms with E-state index < -0.39 is 0 Å². The summed E-state index contributed by atoms with van der Waals surface area (Å²) in [6.45, 7) is 1.77. The largest absolute Gasteiger partial charge is 0.454 e. The van der Waals surface area contributed by atoms with Gasteiger partial charge >= 0.3 is 0 Å². The van der Waals surface area contributed by atoms with Crippen molar-refractivity contribution < 1.29 is 19.0 Å². The lowest BCUT2D eigenvalue weighted by Gasteiger charge is -2.28. The number of carbonyl (C=O) groups is 1. The molecule has 24 heavy (non-hydrogen) atoms. The molecule has 0 N–H and O–H groups in total. The number of benzene rings is 1. The third-order valence-electron chi connectivity index (χ3n) is 5.30. The lowest BCUT2D eigenvalue weighted by Crippen LogP contribution is -2.38. The summed E-state index contributed by atoms with van der Waals surface area (Å²) in [5.74, 6) is 3.48. The van der Waals surface area contributed by atoms with Gasteiger partial charge in [-0.2, -0.15) is 0 Å². The van der Waals surface area contributed by atoms with Crippen LogP contribution in [0.1, 0.15) is 18.4 Å². The maximum absolute atomic E-state index is 12.5. The van der Waals surface area contributed by atoms with Gasteiger partial charge in [-0.3, -0.25) is 4.79 Å². The molecule has 2 bridgehead atoms. The third kappa shape index (κ3) is 3.00. The van der Waals surface area contributed by atoms with E-state index in [4.69, 9.17) is 14.2 Å². The molecule has 0 aromatic heterocycles. The second kappa shape index (κ2) is 6.48. The first-order valence-electron chi connectivity index (χ1n) is 8.56.